The van der Waals surface area contributed by atoms with Crippen molar-refractivity contribution in [1.82, 2.24) is 0 Å². The zero-order chi connectivity index (χ0) is 12.3. The van der Waals surface area contributed by atoms with Crippen molar-refractivity contribution in [2.45, 2.75) is 57.7 Å². The molecule has 96 valence electrons. The number of fused-ring (bicyclic) bond motifs is 2. The molecular weight excluding hydrogens is 212 g/mol. The standard InChI is InChI=1S/C15H24O2/c1-10-4-5-13-15(3,17-13)7-6-12-11(10)8-14(12,2)9-16/h11-13,16H,1,4-9H2,2-3H3/t11-,12-,13-,14-,15-/m1/s1. The van der Waals surface area contributed by atoms with E-state index in [4.69, 9.17) is 4.74 Å². The molecule has 0 radical (unpaired) electrons. The van der Waals surface area contributed by atoms with Crippen LogP contribution >= 0.6 is 0 Å². The highest BCUT2D eigenvalue weighted by atomic mass is 16.6. The Morgan fingerprint density at radius 1 is 1.41 bits per heavy atom. The zero-order valence-electron chi connectivity index (χ0n) is 11.0. The predicted molar refractivity (Wildman–Crippen MR) is 67.7 cm³/mol. The maximum atomic E-state index is 9.58. The lowest BCUT2D eigenvalue weighted by molar-refractivity contribution is -0.0602. The highest BCUT2D eigenvalue weighted by Gasteiger charge is 2.56. The van der Waals surface area contributed by atoms with E-state index in [1.807, 2.05) is 0 Å². The highest BCUT2D eigenvalue weighted by molar-refractivity contribution is 5.17. The molecular formula is C15H24O2. The van der Waals surface area contributed by atoms with E-state index in [-0.39, 0.29) is 11.0 Å². The van der Waals surface area contributed by atoms with Crippen molar-refractivity contribution in [3.05, 3.63) is 12.2 Å². The summed E-state index contributed by atoms with van der Waals surface area (Å²) in [6.45, 7) is 9.08. The smallest absolute Gasteiger partial charge is 0.0920 e. The van der Waals surface area contributed by atoms with Crippen molar-refractivity contribution in [1.29, 1.82) is 0 Å². The van der Waals surface area contributed by atoms with E-state index >= 15 is 0 Å². The van der Waals surface area contributed by atoms with Gasteiger partial charge in [-0.2, -0.15) is 0 Å². The molecule has 0 unspecified atom stereocenters. The maximum absolute atomic E-state index is 9.58. The van der Waals surface area contributed by atoms with Crippen LogP contribution in [-0.4, -0.2) is 23.4 Å². The first-order valence-electron chi connectivity index (χ1n) is 6.95. The van der Waals surface area contributed by atoms with Crippen LogP contribution in [0.4, 0.5) is 0 Å². The van der Waals surface area contributed by atoms with Gasteiger partial charge in [-0.1, -0.05) is 19.1 Å². The number of rotatable bonds is 1. The maximum Gasteiger partial charge on any atom is 0.0920 e. The quantitative estimate of drug-likeness (QED) is 0.561. The average Bonchev–Trinajstić information content (AvgIpc) is 2.92. The van der Waals surface area contributed by atoms with Crippen LogP contribution in [0, 0.1) is 17.3 Å². The van der Waals surface area contributed by atoms with Gasteiger partial charge in [-0.25, -0.2) is 0 Å². The minimum absolute atomic E-state index is 0.138. The average molecular weight is 236 g/mol. The molecule has 1 aliphatic heterocycles. The molecule has 0 aromatic carbocycles. The Hall–Kier alpha value is -0.340. The fourth-order valence-corrected chi connectivity index (χ4v) is 4.10. The molecule has 5 atom stereocenters. The molecule has 2 nitrogen and oxygen atoms in total. The van der Waals surface area contributed by atoms with Crippen LogP contribution in [0.1, 0.15) is 46.0 Å². The van der Waals surface area contributed by atoms with Crippen molar-refractivity contribution in [2.75, 3.05) is 6.61 Å². The van der Waals surface area contributed by atoms with Crippen molar-refractivity contribution in [2.24, 2.45) is 17.3 Å². The molecule has 1 saturated heterocycles. The Bertz CT molecular complexity index is 351. The summed E-state index contributed by atoms with van der Waals surface area (Å²) in [5.41, 5.74) is 1.68. The highest BCUT2D eigenvalue weighted by Crippen LogP contribution is 2.59. The van der Waals surface area contributed by atoms with Gasteiger partial charge in [0, 0.05) is 6.61 Å². The summed E-state index contributed by atoms with van der Waals surface area (Å²) in [6, 6.07) is 0. The van der Waals surface area contributed by atoms with Crippen LogP contribution in [0.5, 0.6) is 0 Å². The van der Waals surface area contributed by atoms with Gasteiger partial charge in [0.15, 0.2) is 0 Å². The number of aliphatic hydroxyl groups is 1. The molecule has 0 aromatic heterocycles. The molecule has 3 fully saturated rings. The lowest BCUT2D eigenvalue weighted by Gasteiger charge is -2.54. The van der Waals surface area contributed by atoms with Gasteiger partial charge in [0.05, 0.1) is 11.7 Å². The molecule has 0 aromatic rings. The SMILES string of the molecule is C=C1CC[C@H]2O[C@]2(C)CC[C@@H]2[C@@H]1C[C@]2(C)CO. The lowest BCUT2D eigenvalue weighted by atomic mass is 9.51. The molecule has 3 rings (SSSR count). The summed E-state index contributed by atoms with van der Waals surface area (Å²) in [5.74, 6) is 1.29. The Morgan fingerprint density at radius 2 is 2.18 bits per heavy atom. The first-order chi connectivity index (χ1) is 7.98. The first kappa shape index (κ1) is 11.7. The molecule has 3 aliphatic rings. The summed E-state index contributed by atoms with van der Waals surface area (Å²) >= 11 is 0. The summed E-state index contributed by atoms with van der Waals surface area (Å²) in [5, 5.41) is 9.58. The third-order valence-corrected chi connectivity index (χ3v) is 5.67. The fraction of sp³-hybridized carbons (Fsp3) is 0.867. The van der Waals surface area contributed by atoms with Gasteiger partial charge in [0.25, 0.3) is 0 Å². The number of epoxide rings is 1. The molecule has 17 heavy (non-hydrogen) atoms. The molecule has 0 spiro atoms. The van der Waals surface area contributed by atoms with Gasteiger partial charge in [-0.3, -0.25) is 0 Å². The Labute approximate surface area is 104 Å². The largest absolute Gasteiger partial charge is 0.396 e. The van der Waals surface area contributed by atoms with Gasteiger partial charge < -0.3 is 9.84 Å². The van der Waals surface area contributed by atoms with Gasteiger partial charge in [0.1, 0.15) is 0 Å². The third-order valence-electron chi connectivity index (χ3n) is 5.67. The van der Waals surface area contributed by atoms with E-state index in [2.05, 4.69) is 20.4 Å². The molecule has 1 heterocycles. The fourth-order valence-electron chi connectivity index (χ4n) is 4.10. The number of hydrogen-bond donors (Lipinski definition) is 1. The van der Waals surface area contributed by atoms with E-state index in [0.717, 1.165) is 25.7 Å². The van der Waals surface area contributed by atoms with Crippen molar-refractivity contribution < 1.29 is 9.84 Å². The number of ether oxygens (including phenoxy) is 1. The Kier molecular flexibility index (Phi) is 2.47. The van der Waals surface area contributed by atoms with Crippen molar-refractivity contribution in [3.8, 4) is 0 Å². The zero-order valence-corrected chi connectivity index (χ0v) is 11.0. The minimum Gasteiger partial charge on any atom is -0.396 e. The van der Waals surface area contributed by atoms with Crippen LogP contribution in [-0.2, 0) is 4.74 Å². The second kappa shape index (κ2) is 3.58. The number of hydrogen-bond acceptors (Lipinski definition) is 2. The second-order valence-electron chi connectivity index (χ2n) is 6.88. The van der Waals surface area contributed by atoms with E-state index in [1.54, 1.807) is 0 Å². The van der Waals surface area contributed by atoms with Gasteiger partial charge in [0.2, 0.25) is 0 Å². The van der Waals surface area contributed by atoms with Crippen LogP contribution in [0.3, 0.4) is 0 Å². The van der Waals surface area contributed by atoms with E-state index in [9.17, 15) is 5.11 Å². The van der Waals surface area contributed by atoms with E-state index in [0.29, 0.717) is 24.5 Å². The Morgan fingerprint density at radius 3 is 2.88 bits per heavy atom. The van der Waals surface area contributed by atoms with Crippen molar-refractivity contribution in [3.63, 3.8) is 0 Å². The monoisotopic (exact) mass is 236 g/mol. The Balaban J connectivity index is 1.77. The van der Waals surface area contributed by atoms with Gasteiger partial charge >= 0.3 is 0 Å². The molecule has 0 bridgehead atoms. The second-order valence-corrected chi connectivity index (χ2v) is 6.88. The van der Waals surface area contributed by atoms with Crippen LogP contribution < -0.4 is 0 Å². The van der Waals surface area contributed by atoms with Crippen LogP contribution in [0.25, 0.3) is 0 Å². The number of aliphatic hydroxyl groups excluding tert-OH is 1. The van der Waals surface area contributed by atoms with Gasteiger partial charge in [-0.15, -0.1) is 0 Å². The summed E-state index contributed by atoms with van der Waals surface area (Å²) < 4.78 is 5.84. The molecule has 2 aliphatic carbocycles. The van der Waals surface area contributed by atoms with E-state index in [1.165, 1.54) is 12.0 Å². The summed E-state index contributed by atoms with van der Waals surface area (Å²) in [6.07, 6.45) is 6.21. The molecule has 2 heteroatoms. The van der Waals surface area contributed by atoms with Crippen LogP contribution in [0.2, 0.25) is 0 Å². The minimum atomic E-state index is 0.138. The summed E-state index contributed by atoms with van der Waals surface area (Å²) in [7, 11) is 0. The van der Waals surface area contributed by atoms with Gasteiger partial charge in [-0.05, 0) is 56.3 Å². The predicted octanol–water partition coefficient (Wildman–Crippen LogP) is 2.91. The normalized spacial score (nSPS) is 53.6. The summed E-state index contributed by atoms with van der Waals surface area (Å²) in [4.78, 5) is 0. The molecule has 0 amide bonds. The van der Waals surface area contributed by atoms with Crippen molar-refractivity contribution >= 4 is 0 Å². The topological polar surface area (TPSA) is 32.8 Å². The van der Waals surface area contributed by atoms with Crippen LogP contribution in [0.15, 0.2) is 12.2 Å². The number of allylic oxidation sites excluding steroid dienone is 1. The first-order valence-corrected chi connectivity index (χ1v) is 6.95. The lowest BCUT2D eigenvalue weighted by Crippen LogP contribution is -2.49. The molecule has 2 saturated carbocycles. The third kappa shape index (κ3) is 1.68. The van der Waals surface area contributed by atoms with E-state index < -0.39 is 0 Å². The molecule has 1 N–H and O–H groups in total.